The van der Waals surface area contributed by atoms with Crippen molar-refractivity contribution >= 4 is 34.5 Å². The number of aliphatic hydroxyl groups is 1. The van der Waals surface area contributed by atoms with Crippen LogP contribution in [-0.4, -0.2) is 10.1 Å². The van der Waals surface area contributed by atoms with Gasteiger partial charge < -0.3 is 5.11 Å². The smallest absolute Gasteiger partial charge is 0.115 e. The van der Waals surface area contributed by atoms with E-state index in [2.05, 4.69) is 4.98 Å². The molecule has 0 saturated carbocycles. The lowest BCUT2D eigenvalue weighted by Crippen LogP contribution is -1.98. The normalized spacial score (nSPS) is 12.7. The fraction of sp³-hybridized carbons (Fsp3) is 0.100. The molecule has 1 N–H and O–H groups in total. The van der Waals surface area contributed by atoms with Gasteiger partial charge in [0.1, 0.15) is 6.10 Å². The molecule has 0 fully saturated rings. The molecule has 0 aromatic carbocycles. The minimum atomic E-state index is -0.738. The number of thiophene rings is 1. The number of hydrogen-bond donors (Lipinski definition) is 1. The second kappa shape index (κ2) is 4.49. The summed E-state index contributed by atoms with van der Waals surface area (Å²) in [6, 6.07) is 5.23. The number of nitrogens with zero attached hydrogens (tertiary/aromatic N) is 1. The highest BCUT2D eigenvalue weighted by atomic mass is 35.5. The van der Waals surface area contributed by atoms with E-state index in [1.54, 1.807) is 24.4 Å². The van der Waals surface area contributed by atoms with Gasteiger partial charge in [-0.1, -0.05) is 23.2 Å². The van der Waals surface area contributed by atoms with Crippen LogP contribution in [0.4, 0.5) is 0 Å². The molecule has 0 amide bonds. The van der Waals surface area contributed by atoms with E-state index in [9.17, 15) is 5.11 Å². The van der Waals surface area contributed by atoms with Crippen LogP contribution in [0, 0.1) is 0 Å². The zero-order valence-corrected chi connectivity index (χ0v) is 9.85. The van der Waals surface area contributed by atoms with E-state index < -0.39 is 6.10 Å². The lowest BCUT2D eigenvalue weighted by Gasteiger charge is -2.09. The highest BCUT2D eigenvalue weighted by Crippen LogP contribution is 2.33. The third-order valence-electron chi connectivity index (χ3n) is 1.96. The van der Waals surface area contributed by atoms with Crippen LogP contribution in [0.5, 0.6) is 0 Å². The molecular weight excluding hydrogens is 253 g/mol. The SMILES string of the molecule is OC(c1ccc(Cl)s1)c1ccncc1Cl. The zero-order valence-electron chi connectivity index (χ0n) is 7.52. The Hall–Kier alpha value is -0.610. The van der Waals surface area contributed by atoms with E-state index in [0.717, 1.165) is 4.88 Å². The molecule has 0 aliphatic carbocycles. The second-order valence-electron chi connectivity index (χ2n) is 2.94. The van der Waals surface area contributed by atoms with Crippen molar-refractivity contribution in [3.63, 3.8) is 0 Å². The lowest BCUT2D eigenvalue weighted by atomic mass is 10.1. The first-order valence-electron chi connectivity index (χ1n) is 4.21. The van der Waals surface area contributed by atoms with Gasteiger partial charge in [0.2, 0.25) is 0 Å². The molecule has 0 aliphatic rings. The molecule has 1 atom stereocenters. The highest BCUT2D eigenvalue weighted by molar-refractivity contribution is 7.16. The van der Waals surface area contributed by atoms with Crippen LogP contribution in [0.15, 0.2) is 30.6 Å². The number of aromatic nitrogens is 1. The van der Waals surface area contributed by atoms with E-state index in [0.29, 0.717) is 14.9 Å². The molecule has 2 aromatic rings. The molecule has 2 heterocycles. The summed E-state index contributed by atoms with van der Waals surface area (Å²) in [6.45, 7) is 0. The molecule has 2 rings (SSSR count). The van der Waals surface area contributed by atoms with E-state index in [1.807, 2.05) is 0 Å². The maximum Gasteiger partial charge on any atom is 0.115 e. The molecule has 2 aromatic heterocycles. The first-order valence-corrected chi connectivity index (χ1v) is 5.78. The summed E-state index contributed by atoms with van der Waals surface area (Å²) in [5.41, 5.74) is 0.644. The Labute approximate surface area is 101 Å². The van der Waals surface area contributed by atoms with Crippen molar-refractivity contribution in [3.8, 4) is 0 Å². The predicted molar refractivity (Wildman–Crippen MR) is 62.6 cm³/mol. The van der Waals surface area contributed by atoms with Crippen molar-refractivity contribution in [2.45, 2.75) is 6.10 Å². The summed E-state index contributed by atoms with van der Waals surface area (Å²) >= 11 is 13.1. The second-order valence-corrected chi connectivity index (χ2v) is 5.10. The highest BCUT2D eigenvalue weighted by Gasteiger charge is 2.15. The van der Waals surface area contributed by atoms with Crippen LogP contribution in [-0.2, 0) is 0 Å². The summed E-state index contributed by atoms with van der Waals surface area (Å²) in [5, 5.41) is 10.5. The summed E-state index contributed by atoms with van der Waals surface area (Å²) in [5.74, 6) is 0. The Balaban J connectivity index is 2.36. The van der Waals surface area contributed by atoms with Crippen LogP contribution >= 0.6 is 34.5 Å². The quantitative estimate of drug-likeness (QED) is 0.895. The van der Waals surface area contributed by atoms with Crippen molar-refractivity contribution in [1.82, 2.24) is 4.98 Å². The average Bonchev–Trinajstić information content (AvgIpc) is 2.65. The predicted octanol–water partition coefficient (Wildman–Crippen LogP) is 3.53. The fourth-order valence-electron chi connectivity index (χ4n) is 1.24. The van der Waals surface area contributed by atoms with Gasteiger partial charge in [-0.2, -0.15) is 0 Å². The van der Waals surface area contributed by atoms with Gasteiger partial charge in [0.25, 0.3) is 0 Å². The molecule has 0 aliphatic heterocycles. The molecular formula is C10H7Cl2NOS. The molecule has 0 bridgehead atoms. The molecule has 78 valence electrons. The minimum absolute atomic E-state index is 0.453. The summed E-state index contributed by atoms with van der Waals surface area (Å²) in [6.07, 6.45) is 2.37. The Morgan fingerprint density at radius 3 is 2.67 bits per heavy atom. The van der Waals surface area contributed by atoms with Crippen molar-refractivity contribution in [2.24, 2.45) is 0 Å². The number of rotatable bonds is 2. The van der Waals surface area contributed by atoms with Crippen molar-refractivity contribution < 1.29 is 5.11 Å². The summed E-state index contributed by atoms with van der Waals surface area (Å²) < 4.78 is 0.647. The number of pyridine rings is 1. The van der Waals surface area contributed by atoms with E-state index >= 15 is 0 Å². The van der Waals surface area contributed by atoms with Gasteiger partial charge >= 0.3 is 0 Å². The largest absolute Gasteiger partial charge is 0.383 e. The molecule has 0 radical (unpaired) electrons. The van der Waals surface area contributed by atoms with E-state index in [1.165, 1.54) is 17.5 Å². The lowest BCUT2D eigenvalue weighted by molar-refractivity contribution is 0.224. The molecule has 2 nitrogen and oxygen atoms in total. The van der Waals surface area contributed by atoms with Crippen LogP contribution in [0.25, 0.3) is 0 Å². The zero-order chi connectivity index (χ0) is 10.8. The van der Waals surface area contributed by atoms with Gasteiger partial charge in [-0.25, -0.2) is 0 Å². The third-order valence-corrected chi connectivity index (χ3v) is 3.56. The Kier molecular flexibility index (Phi) is 3.26. The van der Waals surface area contributed by atoms with Gasteiger partial charge in [-0.3, -0.25) is 4.98 Å². The minimum Gasteiger partial charge on any atom is -0.383 e. The van der Waals surface area contributed by atoms with Crippen LogP contribution in [0.3, 0.4) is 0 Å². The van der Waals surface area contributed by atoms with Crippen molar-refractivity contribution in [1.29, 1.82) is 0 Å². The van der Waals surface area contributed by atoms with Gasteiger partial charge in [-0.05, 0) is 18.2 Å². The first kappa shape index (κ1) is 10.9. The van der Waals surface area contributed by atoms with Gasteiger partial charge in [0, 0.05) is 22.8 Å². The Bertz CT molecular complexity index is 472. The molecule has 5 heteroatoms. The maximum absolute atomic E-state index is 10.0. The van der Waals surface area contributed by atoms with E-state index in [-0.39, 0.29) is 0 Å². The van der Waals surface area contributed by atoms with Crippen molar-refractivity contribution in [3.05, 3.63) is 50.4 Å². The summed E-state index contributed by atoms with van der Waals surface area (Å²) in [7, 11) is 0. The Morgan fingerprint density at radius 1 is 1.27 bits per heavy atom. The number of hydrogen-bond acceptors (Lipinski definition) is 3. The average molecular weight is 260 g/mol. The van der Waals surface area contributed by atoms with Crippen LogP contribution < -0.4 is 0 Å². The molecule has 0 spiro atoms. The van der Waals surface area contributed by atoms with Crippen LogP contribution in [0.2, 0.25) is 9.36 Å². The molecule has 0 saturated heterocycles. The number of aliphatic hydroxyl groups excluding tert-OH is 1. The van der Waals surface area contributed by atoms with Gasteiger partial charge in [0.05, 0.1) is 9.36 Å². The fourth-order valence-corrected chi connectivity index (χ4v) is 2.53. The van der Waals surface area contributed by atoms with Gasteiger partial charge in [-0.15, -0.1) is 11.3 Å². The first-order chi connectivity index (χ1) is 7.18. The van der Waals surface area contributed by atoms with Crippen molar-refractivity contribution in [2.75, 3.05) is 0 Å². The molecule has 1 unspecified atom stereocenters. The maximum atomic E-state index is 10.0. The molecule has 15 heavy (non-hydrogen) atoms. The third kappa shape index (κ3) is 2.32. The summed E-state index contributed by atoms with van der Waals surface area (Å²) in [4.78, 5) is 4.63. The van der Waals surface area contributed by atoms with E-state index in [4.69, 9.17) is 23.2 Å². The van der Waals surface area contributed by atoms with Gasteiger partial charge in [0.15, 0.2) is 0 Å². The monoisotopic (exact) mass is 259 g/mol. The van der Waals surface area contributed by atoms with Crippen LogP contribution in [0.1, 0.15) is 16.5 Å². The standard InChI is InChI=1S/C10H7Cl2NOS/c11-7-5-13-4-3-6(7)10(14)8-1-2-9(12)15-8/h1-5,10,14H. The number of halogens is 2. The topological polar surface area (TPSA) is 33.1 Å². The Morgan fingerprint density at radius 2 is 2.07 bits per heavy atom.